The Morgan fingerprint density at radius 3 is 3.00 bits per heavy atom. The van der Waals surface area contributed by atoms with Crippen molar-refractivity contribution in [3.8, 4) is 0 Å². The van der Waals surface area contributed by atoms with E-state index in [4.69, 9.17) is 0 Å². The molecule has 0 atom stereocenters. The zero-order chi connectivity index (χ0) is 10.8. The third kappa shape index (κ3) is 1.71. The van der Waals surface area contributed by atoms with Crippen molar-refractivity contribution in [1.82, 2.24) is 9.97 Å². The summed E-state index contributed by atoms with van der Waals surface area (Å²) in [6.07, 6.45) is 1.32. The Morgan fingerprint density at radius 1 is 1.47 bits per heavy atom. The minimum absolute atomic E-state index is 0.190. The maximum Gasteiger partial charge on any atom is 0.258 e. The molecule has 0 saturated heterocycles. The monoisotopic (exact) mass is 203 g/mol. The van der Waals surface area contributed by atoms with Crippen LogP contribution in [0.2, 0.25) is 0 Å². The molecule has 0 spiro atoms. The average Bonchev–Trinajstić information content (AvgIpc) is 2.19. The fourth-order valence-corrected chi connectivity index (χ4v) is 1.39. The van der Waals surface area contributed by atoms with Gasteiger partial charge < -0.3 is 10.3 Å². The van der Waals surface area contributed by atoms with E-state index in [1.807, 2.05) is 0 Å². The predicted octanol–water partition coefficient (Wildman–Crippen LogP) is 0.881. The average molecular weight is 203 g/mol. The van der Waals surface area contributed by atoms with E-state index in [0.29, 0.717) is 16.6 Å². The lowest BCUT2D eigenvalue weighted by Gasteiger charge is -2.04. The van der Waals surface area contributed by atoms with Crippen LogP contribution in [0.4, 0.5) is 5.69 Å². The van der Waals surface area contributed by atoms with Crippen LogP contribution in [0.1, 0.15) is 6.92 Å². The molecular weight excluding hydrogens is 194 g/mol. The van der Waals surface area contributed by atoms with E-state index >= 15 is 0 Å². The van der Waals surface area contributed by atoms with Crippen molar-refractivity contribution in [2.75, 3.05) is 5.32 Å². The zero-order valence-corrected chi connectivity index (χ0v) is 8.07. The van der Waals surface area contributed by atoms with Gasteiger partial charge in [0.2, 0.25) is 5.91 Å². The standard InChI is InChI=1S/C10H9N3O2/c1-6(14)13-8-4-2-3-7-9(8)11-5-12-10(7)15/h2-5H,1H3,(H,13,14)(H,11,12,15). The number of anilines is 1. The number of rotatable bonds is 1. The molecule has 2 aromatic rings. The van der Waals surface area contributed by atoms with Crippen LogP contribution in [0, 0.1) is 0 Å². The van der Waals surface area contributed by atoms with Crippen LogP contribution in [-0.2, 0) is 4.79 Å². The Hall–Kier alpha value is -2.17. The SMILES string of the molecule is CC(=O)Nc1cccc2c(=O)[nH]cnc12. The topological polar surface area (TPSA) is 74.8 Å². The molecule has 2 rings (SSSR count). The lowest BCUT2D eigenvalue weighted by Crippen LogP contribution is -2.10. The van der Waals surface area contributed by atoms with Gasteiger partial charge in [0.1, 0.15) is 5.52 Å². The van der Waals surface area contributed by atoms with Gasteiger partial charge in [-0.2, -0.15) is 0 Å². The van der Waals surface area contributed by atoms with Crippen LogP contribution in [0.3, 0.4) is 0 Å². The third-order valence-electron chi connectivity index (χ3n) is 1.98. The molecule has 0 aliphatic carbocycles. The fourth-order valence-electron chi connectivity index (χ4n) is 1.39. The van der Waals surface area contributed by atoms with E-state index in [9.17, 15) is 9.59 Å². The Labute approximate surface area is 85.2 Å². The van der Waals surface area contributed by atoms with Crippen molar-refractivity contribution in [3.63, 3.8) is 0 Å². The number of hydrogen-bond donors (Lipinski definition) is 2. The molecular formula is C10H9N3O2. The number of nitrogens with zero attached hydrogens (tertiary/aromatic N) is 1. The number of hydrogen-bond acceptors (Lipinski definition) is 3. The molecule has 1 amide bonds. The van der Waals surface area contributed by atoms with Gasteiger partial charge in [0.05, 0.1) is 17.4 Å². The minimum atomic E-state index is -0.216. The number of nitrogens with one attached hydrogen (secondary N) is 2. The summed E-state index contributed by atoms with van der Waals surface area (Å²) in [7, 11) is 0. The van der Waals surface area contributed by atoms with Crippen molar-refractivity contribution >= 4 is 22.5 Å². The molecule has 0 aliphatic heterocycles. The summed E-state index contributed by atoms with van der Waals surface area (Å²) in [4.78, 5) is 28.8. The van der Waals surface area contributed by atoms with Crippen molar-refractivity contribution in [2.45, 2.75) is 6.92 Å². The minimum Gasteiger partial charge on any atom is -0.324 e. The predicted molar refractivity (Wildman–Crippen MR) is 56.7 cm³/mol. The third-order valence-corrected chi connectivity index (χ3v) is 1.98. The van der Waals surface area contributed by atoms with Crippen LogP contribution < -0.4 is 10.9 Å². The molecule has 1 heterocycles. The summed E-state index contributed by atoms with van der Waals surface area (Å²) in [5.74, 6) is -0.190. The fraction of sp³-hybridized carbons (Fsp3) is 0.100. The first-order chi connectivity index (χ1) is 7.18. The second kappa shape index (κ2) is 3.53. The number of carbonyl (C=O) groups excluding carboxylic acids is 1. The summed E-state index contributed by atoms with van der Waals surface area (Å²) in [6, 6.07) is 5.06. The summed E-state index contributed by atoms with van der Waals surface area (Å²) < 4.78 is 0. The first-order valence-electron chi connectivity index (χ1n) is 4.42. The molecule has 5 heteroatoms. The summed E-state index contributed by atoms with van der Waals surface area (Å²) >= 11 is 0. The molecule has 5 nitrogen and oxygen atoms in total. The molecule has 0 fully saturated rings. The quantitative estimate of drug-likeness (QED) is 0.722. The van der Waals surface area contributed by atoms with Gasteiger partial charge in [-0.1, -0.05) is 6.07 Å². The summed E-state index contributed by atoms with van der Waals surface area (Å²) in [6.45, 7) is 1.41. The Bertz CT molecular complexity index is 574. The van der Waals surface area contributed by atoms with E-state index in [2.05, 4.69) is 15.3 Å². The second-order valence-electron chi connectivity index (χ2n) is 3.11. The first-order valence-corrected chi connectivity index (χ1v) is 4.42. The van der Waals surface area contributed by atoms with Gasteiger partial charge >= 0.3 is 0 Å². The number of carbonyl (C=O) groups is 1. The van der Waals surface area contributed by atoms with Crippen molar-refractivity contribution in [2.24, 2.45) is 0 Å². The van der Waals surface area contributed by atoms with E-state index in [0.717, 1.165) is 0 Å². The molecule has 0 bridgehead atoms. The maximum absolute atomic E-state index is 11.4. The smallest absolute Gasteiger partial charge is 0.258 e. The molecule has 0 unspecified atom stereocenters. The van der Waals surface area contributed by atoms with E-state index in [1.165, 1.54) is 13.3 Å². The Morgan fingerprint density at radius 2 is 2.27 bits per heavy atom. The number of benzene rings is 1. The maximum atomic E-state index is 11.4. The summed E-state index contributed by atoms with van der Waals surface area (Å²) in [5, 5.41) is 3.08. The number of H-pyrrole nitrogens is 1. The van der Waals surface area contributed by atoms with E-state index < -0.39 is 0 Å². The lowest BCUT2D eigenvalue weighted by molar-refractivity contribution is -0.114. The van der Waals surface area contributed by atoms with Crippen LogP contribution in [0.5, 0.6) is 0 Å². The van der Waals surface area contributed by atoms with E-state index in [1.54, 1.807) is 18.2 Å². The van der Waals surface area contributed by atoms with E-state index in [-0.39, 0.29) is 11.5 Å². The van der Waals surface area contributed by atoms with Crippen LogP contribution >= 0.6 is 0 Å². The number of fused-ring (bicyclic) bond motifs is 1. The number of amides is 1. The van der Waals surface area contributed by atoms with Crippen molar-refractivity contribution in [1.29, 1.82) is 0 Å². The normalized spacial score (nSPS) is 10.2. The largest absolute Gasteiger partial charge is 0.324 e. The Balaban J connectivity index is 2.71. The molecule has 2 N–H and O–H groups in total. The van der Waals surface area contributed by atoms with Gasteiger partial charge in [0.25, 0.3) is 5.56 Å². The first kappa shape index (κ1) is 9.39. The molecule has 0 radical (unpaired) electrons. The molecule has 1 aromatic heterocycles. The number of para-hydroxylation sites is 1. The van der Waals surface area contributed by atoms with Crippen LogP contribution in [-0.4, -0.2) is 15.9 Å². The van der Waals surface area contributed by atoms with Gasteiger partial charge in [-0.25, -0.2) is 4.98 Å². The van der Waals surface area contributed by atoms with Gasteiger partial charge in [-0.15, -0.1) is 0 Å². The second-order valence-corrected chi connectivity index (χ2v) is 3.11. The number of aromatic amines is 1. The molecule has 76 valence electrons. The highest BCUT2D eigenvalue weighted by molar-refractivity contribution is 5.98. The van der Waals surface area contributed by atoms with Gasteiger partial charge in [-0.3, -0.25) is 9.59 Å². The van der Waals surface area contributed by atoms with Crippen LogP contribution in [0.15, 0.2) is 29.3 Å². The highest BCUT2D eigenvalue weighted by Gasteiger charge is 2.05. The van der Waals surface area contributed by atoms with Crippen LogP contribution in [0.25, 0.3) is 10.9 Å². The van der Waals surface area contributed by atoms with Gasteiger partial charge in [0.15, 0.2) is 0 Å². The summed E-state index contributed by atoms with van der Waals surface area (Å²) in [5.41, 5.74) is 0.828. The molecule has 15 heavy (non-hydrogen) atoms. The highest BCUT2D eigenvalue weighted by Crippen LogP contribution is 2.17. The molecule has 0 aliphatic rings. The highest BCUT2D eigenvalue weighted by atomic mass is 16.1. The van der Waals surface area contributed by atoms with Gasteiger partial charge in [0, 0.05) is 6.92 Å². The molecule has 1 aromatic carbocycles. The van der Waals surface area contributed by atoms with Gasteiger partial charge in [-0.05, 0) is 12.1 Å². The zero-order valence-electron chi connectivity index (χ0n) is 8.07. The Kier molecular flexibility index (Phi) is 2.21. The lowest BCUT2D eigenvalue weighted by atomic mass is 10.2. The molecule has 0 saturated carbocycles. The van der Waals surface area contributed by atoms with Crippen molar-refractivity contribution < 1.29 is 4.79 Å². The van der Waals surface area contributed by atoms with Crippen molar-refractivity contribution in [3.05, 3.63) is 34.9 Å². The number of aromatic nitrogens is 2.